The Kier molecular flexibility index (Phi) is 7.53. The topological polar surface area (TPSA) is 120 Å². The van der Waals surface area contributed by atoms with Gasteiger partial charge in [-0.15, -0.1) is 0 Å². The zero-order chi connectivity index (χ0) is 32.0. The Morgan fingerprint density at radius 3 is 2.70 bits per heavy atom. The molecule has 7 aromatic rings. The lowest BCUT2D eigenvalue weighted by Gasteiger charge is -2.20. The van der Waals surface area contributed by atoms with E-state index in [0.717, 1.165) is 50.5 Å². The first kappa shape index (κ1) is 29.6. The van der Waals surface area contributed by atoms with Crippen molar-refractivity contribution in [2.75, 3.05) is 11.9 Å². The third-order valence-corrected chi connectivity index (χ3v) is 9.96. The molecule has 0 saturated heterocycles. The number of hydrogen-bond donors (Lipinski definition) is 2. The summed E-state index contributed by atoms with van der Waals surface area (Å²) < 4.78 is 11.5. The van der Waals surface area contributed by atoms with E-state index in [-0.39, 0.29) is 5.56 Å². The number of aromatic nitrogens is 8. The van der Waals surface area contributed by atoms with Gasteiger partial charge in [0.05, 0.1) is 17.1 Å². The van der Waals surface area contributed by atoms with Gasteiger partial charge in [0.1, 0.15) is 35.7 Å². The van der Waals surface area contributed by atoms with Crippen molar-refractivity contribution < 1.29 is 4.74 Å². The van der Waals surface area contributed by atoms with Crippen LogP contribution >= 0.6 is 0 Å². The number of anilines is 1. The van der Waals surface area contributed by atoms with E-state index in [4.69, 9.17) is 19.8 Å². The van der Waals surface area contributed by atoms with Crippen LogP contribution in [0.25, 0.3) is 44.4 Å². The van der Waals surface area contributed by atoms with Gasteiger partial charge in [0.25, 0.3) is 5.56 Å². The quantitative estimate of drug-likeness (QED) is 0.129. The number of ether oxygens (including phenoxy) is 1. The number of hydrogen-bond acceptors (Lipinski definition) is 7. The second kappa shape index (κ2) is 11.7. The third-order valence-electron chi connectivity index (χ3n) is 8.26. The first-order valence-electron chi connectivity index (χ1n) is 15.5. The van der Waals surface area contributed by atoms with Crippen molar-refractivity contribution in [1.29, 1.82) is 0 Å². The number of fused-ring (bicyclic) bond motifs is 3. The maximum Gasteiger partial charge on any atom is 0.282 e. The van der Waals surface area contributed by atoms with Crippen molar-refractivity contribution in [1.82, 2.24) is 38.7 Å². The van der Waals surface area contributed by atoms with Crippen molar-refractivity contribution >= 4 is 41.5 Å². The van der Waals surface area contributed by atoms with Crippen LogP contribution in [0.3, 0.4) is 0 Å². The van der Waals surface area contributed by atoms with E-state index < -0.39 is 14.1 Å². The van der Waals surface area contributed by atoms with Crippen LogP contribution in [0, 0.1) is 6.92 Å². The van der Waals surface area contributed by atoms with E-state index in [9.17, 15) is 4.79 Å². The van der Waals surface area contributed by atoms with Gasteiger partial charge < -0.3 is 19.6 Å². The molecule has 0 radical (unpaired) electrons. The normalized spacial score (nSPS) is 12.8. The number of pyridine rings is 1. The molecule has 6 heterocycles. The van der Waals surface area contributed by atoms with E-state index in [0.29, 0.717) is 30.5 Å². The number of nitrogens with zero attached hydrogens (tertiary/aromatic N) is 7. The highest BCUT2D eigenvalue weighted by molar-refractivity contribution is 6.76. The lowest BCUT2D eigenvalue weighted by atomic mass is 10.1. The van der Waals surface area contributed by atoms with Crippen LogP contribution in [0.4, 0.5) is 5.82 Å². The Balaban J connectivity index is 1.33. The summed E-state index contributed by atoms with van der Waals surface area (Å²) in [4.78, 5) is 31.2. The van der Waals surface area contributed by atoms with Gasteiger partial charge in [0.2, 0.25) is 0 Å². The second-order valence-corrected chi connectivity index (χ2v) is 18.5. The number of nitrogens with one attached hydrogen (secondary N) is 2. The maximum atomic E-state index is 13.9. The largest absolute Gasteiger partial charge is 0.361 e. The molecule has 0 bridgehead atoms. The number of aromatic amines is 1. The molecular weight excluding hydrogens is 595 g/mol. The zero-order valence-electron chi connectivity index (χ0n) is 26.7. The zero-order valence-corrected chi connectivity index (χ0v) is 27.7. The minimum Gasteiger partial charge on any atom is -0.361 e. The molecule has 0 spiro atoms. The molecule has 1 atom stereocenters. The van der Waals surface area contributed by atoms with E-state index in [2.05, 4.69) is 47.2 Å². The lowest BCUT2D eigenvalue weighted by Crippen LogP contribution is -2.29. The highest BCUT2D eigenvalue weighted by atomic mass is 28.3. The smallest absolute Gasteiger partial charge is 0.282 e. The van der Waals surface area contributed by atoms with Crippen molar-refractivity contribution in [2.45, 2.75) is 52.3 Å². The van der Waals surface area contributed by atoms with Crippen molar-refractivity contribution in [3.8, 4) is 16.8 Å². The first-order valence-corrected chi connectivity index (χ1v) is 19.2. The molecule has 0 fully saturated rings. The summed E-state index contributed by atoms with van der Waals surface area (Å²) in [5.41, 5.74) is 5.47. The molecule has 0 aliphatic rings. The molecule has 11 nitrogen and oxygen atoms in total. The van der Waals surface area contributed by atoms with E-state index in [1.54, 1.807) is 15.4 Å². The Morgan fingerprint density at radius 2 is 1.89 bits per heavy atom. The fourth-order valence-corrected chi connectivity index (χ4v) is 6.54. The molecule has 0 saturated carbocycles. The highest BCUT2D eigenvalue weighted by Crippen LogP contribution is 2.36. The van der Waals surface area contributed by atoms with Crippen LogP contribution in [0.5, 0.6) is 0 Å². The van der Waals surface area contributed by atoms with Crippen LogP contribution < -0.4 is 10.9 Å². The fraction of sp³-hybridized carbons (Fsp3) is 0.265. The van der Waals surface area contributed by atoms with Gasteiger partial charge in [-0.25, -0.2) is 19.5 Å². The Morgan fingerprint density at radius 1 is 1.07 bits per heavy atom. The first-order chi connectivity index (χ1) is 22.2. The minimum absolute atomic E-state index is 0.131. The summed E-state index contributed by atoms with van der Waals surface area (Å²) in [6.07, 6.45) is 9.19. The molecule has 6 aromatic heterocycles. The van der Waals surface area contributed by atoms with Gasteiger partial charge in [-0.3, -0.25) is 9.36 Å². The van der Waals surface area contributed by atoms with Crippen molar-refractivity contribution in [2.24, 2.45) is 0 Å². The Bertz CT molecular complexity index is 2240. The van der Waals surface area contributed by atoms with Gasteiger partial charge in [-0.1, -0.05) is 37.8 Å². The molecule has 234 valence electrons. The summed E-state index contributed by atoms with van der Waals surface area (Å²) in [7, 11) is -1.24. The summed E-state index contributed by atoms with van der Waals surface area (Å²) in [5.74, 6) is 1.18. The summed E-state index contributed by atoms with van der Waals surface area (Å²) in [5, 5.41) is 10.4. The monoisotopic (exact) mass is 631 g/mol. The number of para-hydroxylation sites is 1. The van der Waals surface area contributed by atoms with Gasteiger partial charge in [0, 0.05) is 56.0 Å². The number of rotatable bonds is 10. The lowest BCUT2D eigenvalue weighted by molar-refractivity contribution is 0.0899. The van der Waals surface area contributed by atoms with Crippen LogP contribution in [0.15, 0.2) is 84.4 Å². The van der Waals surface area contributed by atoms with Crippen molar-refractivity contribution in [3.63, 3.8) is 0 Å². The molecular formula is C34H37N9O2Si. The van der Waals surface area contributed by atoms with Crippen LogP contribution in [0.1, 0.15) is 24.4 Å². The summed E-state index contributed by atoms with van der Waals surface area (Å²) in [6.45, 7) is 12.0. The van der Waals surface area contributed by atoms with Crippen LogP contribution in [-0.4, -0.2) is 53.4 Å². The van der Waals surface area contributed by atoms with E-state index in [1.165, 1.54) is 0 Å². The second-order valence-electron chi connectivity index (χ2n) is 12.9. The molecule has 46 heavy (non-hydrogen) atoms. The SMILES string of the molecule is Cc1ccn2nc([C@H](C)Nc3ncnc4c3c(-c3cnc5[nH]ccc5c3)cn4COCC[Si](C)(C)C)n(-c3ccccc3)c(=O)c12. The van der Waals surface area contributed by atoms with Crippen molar-refractivity contribution in [3.05, 3.63) is 101 Å². The minimum atomic E-state index is -1.24. The van der Waals surface area contributed by atoms with E-state index >= 15 is 0 Å². The number of benzene rings is 1. The summed E-state index contributed by atoms with van der Waals surface area (Å²) >= 11 is 0. The van der Waals surface area contributed by atoms with Gasteiger partial charge in [-0.2, -0.15) is 5.10 Å². The Hall–Kier alpha value is -5.07. The fourth-order valence-electron chi connectivity index (χ4n) is 5.79. The number of aryl methyl sites for hydroxylation is 1. The standard InChI is InChI=1S/C34H37N9O2Si/c1-22-12-14-42-29(22)34(44)43(26-9-7-6-8-10-26)32(40-42)23(2)39-31-28-27(25-17-24-11-13-35-30(24)36-18-25)19-41(33(28)38-20-37-31)21-45-15-16-46(3,4)5/h6-14,17-20,23H,15-16,21H2,1-5H3,(H,35,36)(H,37,38,39)/t23-/m0/s1. The average Bonchev–Trinajstić information content (AvgIpc) is 3.76. The molecule has 1 aromatic carbocycles. The van der Waals surface area contributed by atoms with Gasteiger partial charge >= 0.3 is 0 Å². The average molecular weight is 632 g/mol. The summed E-state index contributed by atoms with van der Waals surface area (Å²) in [6, 6.07) is 16.3. The third kappa shape index (κ3) is 5.50. The molecule has 0 unspecified atom stereocenters. The number of H-pyrrole nitrogens is 1. The maximum absolute atomic E-state index is 13.9. The molecule has 12 heteroatoms. The predicted molar refractivity (Wildman–Crippen MR) is 184 cm³/mol. The van der Waals surface area contributed by atoms with E-state index in [1.807, 2.05) is 79.5 Å². The Labute approximate surface area is 266 Å². The van der Waals surface area contributed by atoms with Gasteiger partial charge in [-0.05, 0) is 55.8 Å². The van der Waals surface area contributed by atoms with Crippen LogP contribution in [0.2, 0.25) is 25.7 Å². The predicted octanol–water partition coefficient (Wildman–Crippen LogP) is 6.57. The van der Waals surface area contributed by atoms with Gasteiger partial charge in [0.15, 0.2) is 5.82 Å². The highest BCUT2D eigenvalue weighted by Gasteiger charge is 2.23. The molecule has 0 aliphatic heterocycles. The van der Waals surface area contributed by atoms with Crippen LogP contribution in [-0.2, 0) is 11.5 Å². The molecule has 7 rings (SSSR count). The molecule has 2 N–H and O–H groups in total. The molecule has 0 amide bonds. The molecule has 0 aliphatic carbocycles.